The molecule has 0 fully saturated rings. The van der Waals surface area contributed by atoms with Gasteiger partial charge in [0.2, 0.25) is 10.0 Å². The Balaban J connectivity index is 2.15. The van der Waals surface area contributed by atoms with Gasteiger partial charge in [0.25, 0.3) is 0 Å². The standard InChI is InChI=1S/C15H19N3O2S/c1-18(15-5-3-2-4-14(15)12-16)21(19,20)11-8-13-6-9-17-10-7-13/h2-7,9-10H,8,11-12,16H2,1H3. The van der Waals surface area contributed by atoms with Gasteiger partial charge in [-0.05, 0) is 35.7 Å². The van der Waals surface area contributed by atoms with Crippen molar-refractivity contribution in [3.63, 3.8) is 0 Å². The Hall–Kier alpha value is -1.92. The number of benzene rings is 1. The molecule has 0 amide bonds. The van der Waals surface area contributed by atoms with Gasteiger partial charge in [0.1, 0.15) is 0 Å². The molecule has 0 bridgehead atoms. The highest BCUT2D eigenvalue weighted by molar-refractivity contribution is 7.92. The summed E-state index contributed by atoms with van der Waals surface area (Å²) >= 11 is 0. The van der Waals surface area contributed by atoms with Gasteiger partial charge in [-0.15, -0.1) is 0 Å². The molecule has 112 valence electrons. The third kappa shape index (κ3) is 3.80. The number of sulfonamides is 1. The number of aryl methyl sites for hydroxylation is 1. The molecule has 0 aliphatic heterocycles. The summed E-state index contributed by atoms with van der Waals surface area (Å²) in [7, 11) is -1.82. The topological polar surface area (TPSA) is 76.3 Å². The molecule has 5 nitrogen and oxygen atoms in total. The molecule has 6 heteroatoms. The van der Waals surface area contributed by atoms with Crippen molar-refractivity contribution in [2.24, 2.45) is 5.73 Å². The third-order valence-corrected chi connectivity index (χ3v) is 5.12. The van der Waals surface area contributed by atoms with Crippen molar-refractivity contribution < 1.29 is 8.42 Å². The third-order valence-electron chi connectivity index (χ3n) is 3.37. The predicted octanol–water partition coefficient (Wildman–Crippen LogP) is 1.55. The Morgan fingerprint density at radius 1 is 1.14 bits per heavy atom. The van der Waals surface area contributed by atoms with E-state index in [-0.39, 0.29) is 5.75 Å². The van der Waals surface area contributed by atoms with Gasteiger partial charge in [0.05, 0.1) is 11.4 Å². The van der Waals surface area contributed by atoms with Gasteiger partial charge in [-0.3, -0.25) is 9.29 Å². The summed E-state index contributed by atoms with van der Waals surface area (Å²) in [6.45, 7) is 0.306. The van der Waals surface area contributed by atoms with Gasteiger partial charge < -0.3 is 5.73 Å². The predicted molar refractivity (Wildman–Crippen MR) is 84.5 cm³/mol. The fourth-order valence-corrected chi connectivity index (χ4v) is 3.32. The molecule has 1 aromatic heterocycles. The van der Waals surface area contributed by atoms with E-state index in [0.29, 0.717) is 18.7 Å². The van der Waals surface area contributed by atoms with E-state index in [0.717, 1.165) is 11.1 Å². The SMILES string of the molecule is CN(c1ccccc1CN)S(=O)(=O)CCc1ccncc1. The van der Waals surface area contributed by atoms with Crippen LogP contribution in [0.2, 0.25) is 0 Å². The van der Waals surface area contributed by atoms with Crippen LogP contribution in [0.25, 0.3) is 0 Å². The number of pyridine rings is 1. The molecule has 2 N–H and O–H groups in total. The zero-order valence-electron chi connectivity index (χ0n) is 11.9. The molecule has 2 aromatic rings. The van der Waals surface area contributed by atoms with E-state index in [1.165, 1.54) is 4.31 Å². The number of rotatable bonds is 6. The van der Waals surface area contributed by atoms with E-state index in [1.54, 1.807) is 25.5 Å². The first kappa shape index (κ1) is 15.5. The summed E-state index contributed by atoms with van der Waals surface area (Å²) in [5.41, 5.74) is 8.07. The maximum absolute atomic E-state index is 12.4. The van der Waals surface area contributed by atoms with Gasteiger partial charge in [-0.25, -0.2) is 8.42 Å². The van der Waals surface area contributed by atoms with Crippen molar-refractivity contribution in [3.8, 4) is 0 Å². The minimum absolute atomic E-state index is 0.0480. The minimum Gasteiger partial charge on any atom is -0.326 e. The van der Waals surface area contributed by atoms with Crippen molar-refractivity contribution in [1.29, 1.82) is 0 Å². The molecule has 1 heterocycles. The van der Waals surface area contributed by atoms with Crippen LogP contribution in [0, 0.1) is 0 Å². The average Bonchev–Trinajstić information content (AvgIpc) is 2.53. The van der Waals surface area contributed by atoms with E-state index in [4.69, 9.17) is 5.73 Å². The van der Waals surface area contributed by atoms with Crippen LogP contribution in [0.3, 0.4) is 0 Å². The minimum atomic E-state index is -3.39. The lowest BCUT2D eigenvalue weighted by Crippen LogP contribution is -2.30. The van der Waals surface area contributed by atoms with Gasteiger partial charge in [0, 0.05) is 26.0 Å². The van der Waals surface area contributed by atoms with Crippen molar-refractivity contribution in [2.45, 2.75) is 13.0 Å². The number of nitrogens with two attached hydrogens (primary N) is 1. The second kappa shape index (κ2) is 6.69. The Labute approximate surface area is 125 Å². The van der Waals surface area contributed by atoms with Gasteiger partial charge in [-0.1, -0.05) is 18.2 Å². The first-order valence-corrected chi connectivity index (χ1v) is 8.29. The lowest BCUT2D eigenvalue weighted by atomic mass is 10.2. The molecule has 0 radical (unpaired) electrons. The summed E-state index contributed by atoms with van der Waals surface area (Å²) in [5, 5.41) is 0. The summed E-state index contributed by atoms with van der Waals surface area (Å²) in [5.74, 6) is 0.0480. The molecular weight excluding hydrogens is 286 g/mol. The van der Waals surface area contributed by atoms with Gasteiger partial charge in [-0.2, -0.15) is 0 Å². The molecule has 0 saturated heterocycles. The molecule has 0 unspecified atom stereocenters. The number of aromatic nitrogens is 1. The van der Waals surface area contributed by atoms with Crippen LogP contribution < -0.4 is 10.0 Å². The van der Waals surface area contributed by atoms with Crippen LogP contribution in [-0.4, -0.2) is 26.2 Å². The number of hydrogen-bond acceptors (Lipinski definition) is 4. The van der Waals surface area contributed by atoms with E-state index in [2.05, 4.69) is 4.98 Å². The largest absolute Gasteiger partial charge is 0.326 e. The zero-order valence-corrected chi connectivity index (χ0v) is 12.8. The van der Waals surface area contributed by atoms with Crippen LogP contribution in [-0.2, 0) is 23.0 Å². The molecule has 0 spiro atoms. The average molecular weight is 305 g/mol. The lowest BCUT2D eigenvalue weighted by molar-refractivity contribution is 0.593. The molecule has 0 atom stereocenters. The monoisotopic (exact) mass is 305 g/mol. The first-order valence-electron chi connectivity index (χ1n) is 6.68. The van der Waals surface area contributed by atoms with E-state index >= 15 is 0 Å². The Morgan fingerprint density at radius 2 is 1.81 bits per heavy atom. The van der Waals surface area contributed by atoms with Crippen molar-refractivity contribution in [2.75, 3.05) is 17.1 Å². The summed E-state index contributed by atoms with van der Waals surface area (Å²) in [6, 6.07) is 10.9. The highest BCUT2D eigenvalue weighted by Crippen LogP contribution is 2.21. The van der Waals surface area contributed by atoms with Crippen LogP contribution in [0.1, 0.15) is 11.1 Å². The fraction of sp³-hybridized carbons (Fsp3) is 0.267. The summed E-state index contributed by atoms with van der Waals surface area (Å²) < 4.78 is 26.2. The van der Waals surface area contributed by atoms with Crippen molar-refractivity contribution in [1.82, 2.24) is 4.98 Å². The summed E-state index contributed by atoms with van der Waals surface area (Å²) in [6.07, 6.45) is 3.78. The second-order valence-corrected chi connectivity index (χ2v) is 6.84. The van der Waals surface area contributed by atoms with E-state index < -0.39 is 10.0 Å². The van der Waals surface area contributed by atoms with Crippen LogP contribution in [0.5, 0.6) is 0 Å². The molecule has 0 aliphatic carbocycles. The molecule has 0 saturated carbocycles. The van der Waals surface area contributed by atoms with Gasteiger partial charge >= 0.3 is 0 Å². The van der Waals surface area contributed by atoms with Crippen molar-refractivity contribution in [3.05, 3.63) is 59.9 Å². The molecule has 0 aliphatic rings. The highest BCUT2D eigenvalue weighted by Gasteiger charge is 2.20. The Kier molecular flexibility index (Phi) is 4.93. The van der Waals surface area contributed by atoms with Gasteiger partial charge in [0.15, 0.2) is 0 Å². The lowest BCUT2D eigenvalue weighted by Gasteiger charge is -2.22. The van der Waals surface area contributed by atoms with Crippen LogP contribution in [0.15, 0.2) is 48.8 Å². The number of hydrogen-bond donors (Lipinski definition) is 1. The van der Waals surface area contributed by atoms with Crippen molar-refractivity contribution >= 4 is 15.7 Å². The Bertz CT molecular complexity index is 687. The number of nitrogens with zero attached hydrogens (tertiary/aromatic N) is 2. The van der Waals surface area contributed by atoms with Crippen LogP contribution >= 0.6 is 0 Å². The van der Waals surface area contributed by atoms with E-state index in [9.17, 15) is 8.42 Å². The smallest absolute Gasteiger partial charge is 0.235 e. The molecule has 1 aromatic carbocycles. The molecule has 2 rings (SSSR count). The maximum Gasteiger partial charge on any atom is 0.235 e. The number of para-hydroxylation sites is 1. The number of anilines is 1. The fourth-order valence-electron chi connectivity index (χ4n) is 2.07. The normalized spacial score (nSPS) is 11.3. The zero-order chi connectivity index (χ0) is 15.3. The summed E-state index contributed by atoms with van der Waals surface area (Å²) in [4.78, 5) is 3.92. The molecular formula is C15H19N3O2S. The highest BCUT2D eigenvalue weighted by atomic mass is 32.2. The second-order valence-electron chi connectivity index (χ2n) is 4.72. The maximum atomic E-state index is 12.4. The quantitative estimate of drug-likeness (QED) is 0.878. The van der Waals surface area contributed by atoms with E-state index in [1.807, 2.05) is 30.3 Å². The van der Waals surface area contributed by atoms with Crippen LogP contribution in [0.4, 0.5) is 5.69 Å². The Morgan fingerprint density at radius 3 is 2.48 bits per heavy atom. The first-order chi connectivity index (χ1) is 10.0. The molecule has 21 heavy (non-hydrogen) atoms.